The van der Waals surface area contributed by atoms with Gasteiger partial charge in [-0.15, -0.1) is 0 Å². The summed E-state index contributed by atoms with van der Waals surface area (Å²) in [5.41, 5.74) is 3.92. The normalized spacial score (nSPS) is 27.5. The quantitative estimate of drug-likeness (QED) is 0.715. The molecule has 0 spiro atoms. The third kappa shape index (κ3) is 2.17. The van der Waals surface area contributed by atoms with Gasteiger partial charge in [-0.2, -0.15) is 0 Å². The molecular weight excluding hydrogens is 297 g/mol. The number of fused-ring (bicyclic) bond motifs is 3. The van der Waals surface area contributed by atoms with Crippen LogP contribution in [0.3, 0.4) is 0 Å². The minimum atomic E-state index is -0.176. The molecule has 1 heterocycles. The van der Waals surface area contributed by atoms with E-state index >= 15 is 0 Å². The van der Waals surface area contributed by atoms with Gasteiger partial charge in [-0.3, -0.25) is 4.90 Å². The van der Waals surface area contributed by atoms with E-state index in [1.807, 2.05) is 18.2 Å². The van der Waals surface area contributed by atoms with Crippen molar-refractivity contribution in [1.29, 1.82) is 0 Å². The lowest BCUT2D eigenvalue weighted by Crippen LogP contribution is -2.34. The van der Waals surface area contributed by atoms with Crippen LogP contribution in [0.25, 0.3) is 0 Å². The number of piperidine rings is 1. The maximum Gasteiger partial charge on any atom is 0.123 e. The Labute approximate surface area is 135 Å². The van der Waals surface area contributed by atoms with Crippen LogP contribution in [0.4, 0.5) is 4.39 Å². The zero-order valence-corrected chi connectivity index (χ0v) is 13.4. The fourth-order valence-corrected chi connectivity index (χ4v) is 4.61. The summed E-state index contributed by atoms with van der Waals surface area (Å²) in [6.07, 6.45) is 2.43. The Kier molecular flexibility index (Phi) is 3.47. The van der Waals surface area contributed by atoms with Crippen molar-refractivity contribution in [2.75, 3.05) is 13.6 Å². The fraction of sp³-hybridized carbons (Fsp3) is 0.368. The van der Waals surface area contributed by atoms with Crippen molar-refractivity contribution in [3.8, 4) is 0 Å². The second kappa shape index (κ2) is 5.36. The molecule has 1 nitrogen and oxygen atoms in total. The van der Waals surface area contributed by atoms with Crippen LogP contribution >= 0.6 is 11.6 Å². The Hall–Kier alpha value is -1.38. The van der Waals surface area contributed by atoms with E-state index in [-0.39, 0.29) is 5.82 Å². The maximum atomic E-state index is 13.3. The van der Waals surface area contributed by atoms with Gasteiger partial charge in [0.25, 0.3) is 0 Å². The van der Waals surface area contributed by atoms with Crippen molar-refractivity contribution in [2.45, 2.75) is 24.8 Å². The molecule has 3 atom stereocenters. The molecule has 114 valence electrons. The van der Waals surface area contributed by atoms with Crippen molar-refractivity contribution in [2.24, 2.45) is 5.92 Å². The predicted molar refractivity (Wildman–Crippen MR) is 87.8 cm³/mol. The van der Waals surface area contributed by atoms with Crippen molar-refractivity contribution in [1.82, 2.24) is 4.90 Å². The van der Waals surface area contributed by atoms with Crippen LogP contribution < -0.4 is 0 Å². The van der Waals surface area contributed by atoms with Gasteiger partial charge >= 0.3 is 0 Å². The number of likely N-dealkylation sites (tertiary alicyclic amines) is 1. The SMILES string of the molecule is CN1CCCC2C(c3ccc(F)cc3)c3cc(Cl)ccc3C21. The molecule has 0 bridgehead atoms. The van der Waals surface area contributed by atoms with Gasteiger partial charge in [-0.05, 0) is 73.3 Å². The molecule has 0 saturated carbocycles. The van der Waals surface area contributed by atoms with E-state index in [2.05, 4.69) is 24.1 Å². The van der Waals surface area contributed by atoms with Crippen LogP contribution in [-0.4, -0.2) is 18.5 Å². The van der Waals surface area contributed by atoms with E-state index in [0.29, 0.717) is 17.9 Å². The lowest BCUT2D eigenvalue weighted by Gasteiger charge is -2.37. The van der Waals surface area contributed by atoms with Crippen molar-refractivity contribution < 1.29 is 4.39 Å². The summed E-state index contributed by atoms with van der Waals surface area (Å²) in [4.78, 5) is 2.46. The fourth-order valence-electron chi connectivity index (χ4n) is 4.43. The van der Waals surface area contributed by atoms with Gasteiger partial charge in [0.2, 0.25) is 0 Å². The minimum Gasteiger partial charge on any atom is -0.299 e. The first-order valence-corrected chi connectivity index (χ1v) is 8.28. The Morgan fingerprint density at radius 2 is 1.86 bits per heavy atom. The third-order valence-corrected chi connectivity index (χ3v) is 5.52. The smallest absolute Gasteiger partial charge is 0.123 e. The average Bonchev–Trinajstić information content (AvgIpc) is 2.83. The Morgan fingerprint density at radius 1 is 1.09 bits per heavy atom. The molecule has 0 radical (unpaired) electrons. The number of halogens is 2. The van der Waals surface area contributed by atoms with Gasteiger partial charge in [0.1, 0.15) is 5.82 Å². The highest BCUT2D eigenvalue weighted by molar-refractivity contribution is 6.30. The summed E-state index contributed by atoms with van der Waals surface area (Å²) in [6, 6.07) is 13.7. The van der Waals surface area contributed by atoms with Crippen molar-refractivity contribution in [3.63, 3.8) is 0 Å². The van der Waals surface area contributed by atoms with E-state index in [4.69, 9.17) is 11.6 Å². The molecule has 3 heteroatoms. The molecule has 1 aliphatic carbocycles. The number of hydrogen-bond acceptors (Lipinski definition) is 1. The summed E-state index contributed by atoms with van der Waals surface area (Å²) >= 11 is 6.26. The van der Waals surface area contributed by atoms with Crippen molar-refractivity contribution >= 4 is 11.6 Å². The minimum absolute atomic E-state index is 0.176. The zero-order valence-electron chi connectivity index (χ0n) is 12.6. The Morgan fingerprint density at radius 3 is 2.64 bits per heavy atom. The Bertz CT molecular complexity index is 697. The van der Waals surface area contributed by atoms with Gasteiger partial charge in [0, 0.05) is 17.0 Å². The molecule has 2 aliphatic rings. The largest absolute Gasteiger partial charge is 0.299 e. The van der Waals surface area contributed by atoms with Gasteiger partial charge < -0.3 is 0 Å². The zero-order chi connectivity index (χ0) is 15.3. The highest BCUT2D eigenvalue weighted by Crippen LogP contribution is 2.54. The van der Waals surface area contributed by atoms with Crippen LogP contribution in [-0.2, 0) is 0 Å². The maximum absolute atomic E-state index is 13.3. The highest BCUT2D eigenvalue weighted by Gasteiger charge is 2.44. The van der Waals surface area contributed by atoms with E-state index < -0.39 is 0 Å². The van der Waals surface area contributed by atoms with Crippen LogP contribution in [0, 0.1) is 11.7 Å². The first kappa shape index (κ1) is 14.2. The molecule has 2 aromatic carbocycles. The molecule has 1 fully saturated rings. The number of rotatable bonds is 1. The lowest BCUT2D eigenvalue weighted by molar-refractivity contribution is 0.127. The molecule has 2 aromatic rings. The first-order chi connectivity index (χ1) is 10.6. The van der Waals surface area contributed by atoms with Gasteiger partial charge in [-0.1, -0.05) is 29.8 Å². The van der Waals surface area contributed by atoms with Crippen LogP contribution in [0.1, 0.15) is 41.5 Å². The summed E-state index contributed by atoms with van der Waals surface area (Å²) in [7, 11) is 2.21. The molecule has 0 N–H and O–H groups in total. The summed E-state index contributed by atoms with van der Waals surface area (Å²) < 4.78 is 13.3. The summed E-state index contributed by atoms with van der Waals surface area (Å²) in [5, 5.41) is 0.784. The van der Waals surface area contributed by atoms with Gasteiger partial charge in [0.05, 0.1) is 0 Å². The predicted octanol–water partition coefficient (Wildman–Crippen LogP) is 5.01. The molecule has 3 unspecified atom stereocenters. The topological polar surface area (TPSA) is 3.24 Å². The lowest BCUT2D eigenvalue weighted by atomic mass is 9.80. The van der Waals surface area contributed by atoms with Crippen LogP contribution in [0.5, 0.6) is 0 Å². The van der Waals surface area contributed by atoms with E-state index in [1.165, 1.54) is 29.5 Å². The van der Waals surface area contributed by atoms with E-state index in [9.17, 15) is 4.39 Å². The van der Waals surface area contributed by atoms with E-state index in [0.717, 1.165) is 11.6 Å². The van der Waals surface area contributed by atoms with E-state index in [1.54, 1.807) is 12.1 Å². The molecular formula is C19H19ClFN. The third-order valence-electron chi connectivity index (χ3n) is 5.29. The Balaban J connectivity index is 1.86. The number of hydrogen-bond donors (Lipinski definition) is 0. The molecule has 22 heavy (non-hydrogen) atoms. The molecule has 4 rings (SSSR count). The van der Waals surface area contributed by atoms with Crippen LogP contribution in [0.15, 0.2) is 42.5 Å². The standard InChI is InChI=1S/C19H19ClFN/c1-22-10-2-3-16-18(12-4-7-14(21)8-5-12)17-11-13(20)6-9-15(17)19(16)22/h4-9,11,16,18-19H,2-3,10H2,1H3. The molecule has 0 aromatic heterocycles. The monoisotopic (exact) mass is 315 g/mol. The number of nitrogens with zero attached hydrogens (tertiary/aromatic N) is 1. The van der Waals surface area contributed by atoms with Gasteiger partial charge in [0.15, 0.2) is 0 Å². The second-order valence-electron chi connectivity index (χ2n) is 6.53. The highest BCUT2D eigenvalue weighted by atomic mass is 35.5. The summed E-state index contributed by atoms with van der Waals surface area (Å²) in [6.45, 7) is 1.14. The van der Waals surface area contributed by atoms with Crippen molar-refractivity contribution in [3.05, 3.63) is 70.0 Å². The first-order valence-electron chi connectivity index (χ1n) is 7.90. The second-order valence-corrected chi connectivity index (χ2v) is 6.97. The molecule has 1 saturated heterocycles. The number of benzene rings is 2. The summed E-state index contributed by atoms with van der Waals surface area (Å²) in [5.74, 6) is 0.699. The van der Waals surface area contributed by atoms with Gasteiger partial charge in [-0.25, -0.2) is 4.39 Å². The molecule has 1 aliphatic heterocycles. The average molecular weight is 316 g/mol. The molecule has 0 amide bonds. The van der Waals surface area contributed by atoms with Crippen LogP contribution in [0.2, 0.25) is 5.02 Å².